The van der Waals surface area contributed by atoms with Gasteiger partial charge >= 0.3 is 0 Å². The molecule has 0 saturated heterocycles. The van der Waals surface area contributed by atoms with Crippen molar-refractivity contribution in [3.63, 3.8) is 0 Å². The average molecular weight is 236 g/mol. The van der Waals surface area contributed by atoms with Gasteiger partial charge in [0.25, 0.3) is 0 Å². The minimum atomic E-state index is 0.304. The molecule has 2 aromatic rings. The molecule has 6 heteroatoms. The highest BCUT2D eigenvalue weighted by molar-refractivity contribution is 7.09. The molecule has 0 amide bonds. The number of nitrogen functional groups attached to an aromatic ring is 1. The van der Waals surface area contributed by atoms with Gasteiger partial charge in [0.15, 0.2) is 0 Å². The third-order valence-corrected chi connectivity index (χ3v) is 2.71. The summed E-state index contributed by atoms with van der Waals surface area (Å²) in [5, 5.41) is 3.86. The Hall–Kier alpha value is -1.82. The van der Waals surface area contributed by atoms with Gasteiger partial charge in [-0.1, -0.05) is 12.1 Å². The summed E-state index contributed by atoms with van der Waals surface area (Å²) in [5.74, 6) is 1.15. The van der Waals surface area contributed by atoms with Crippen LogP contribution in [0.4, 0.5) is 11.1 Å². The van der Waals surface area contributed by atoms with Crippen LogP contribution in [0.3, 0.4) is 0 Å². The fourth-order valence-corrected chi connectivity index (χ4v) is 1.76. The molecular weight excluding hydrogens is 224 g/mol. The SMILES string of the molecule is COc1cccc(CNc2nc(N)ns2)c1. The van der Waals surface area contributed by atoms with Gasteiger partial charge in [0.1, 0.15) is 5.75 Å². The molecule has 84 valence electrons. The Morgan fingerprint density at radius 2 is 2.38 bits per heavy atom. The van der Waals surface area contributed by atoms with Crippen LogP contribution in [-0.2, 0) is 6.54 Å². The number of benzene rings is 1. The summed E-state index contributed by atoms with van der Waals surface area (Å²) in [6, 6.07) is 7.84. The van der Waals surface area contributed by atoms with Crippen LogP contribution in [0.15, 0.2) is 24.3 Å². The molecule has 16 heavy (non-hydrogen) atoms. The number of nitrogens with zero attached hydrogens (tertiary/aromatic N) is 2. The van der Waals surface area contributed by atoms with Crippen molar-refractivity contribution in [3.8, 4) is 5.75 Å². The highest BCUT2D eigenvalue weighted by Gasteiger charge is 2.00. The van der Waals surface area contributed by atoms with Crippen molar-refractivity contribution in [2.75, 3.05) is 18.2 Å². The lowest BCUT2D eigenvalue weighted by molar-refractivity contribution is 0.414. The average Bonchev–Trinajstić information content (AvgIpc) is 2.73. The summed E-state index contributed by atoms with van der Waals surface area (Å²) in [6.07, 6.45) is 0. The number of ether oxygens (including phenoxy) is 1. The molecule has 2 rings (SSSR count). The Labute approximate surface area is 97.4 Å². The molecule has 0 radical (unpaired) electrons. The highest BCUT2D eigenvalue weighted by atomic mass is 32.1. The topological polar surface area (TPSA) is 73.1 Å². The van der Waals surface area contributed by atoms with Crippen LogP contribution in [0, 0.1) is 0 Å². The van der Waals surface area contributed by atoms with E-state index >= 15 is 0 Å². The normalized spacial score (nSPS) is 10.1. The van der Waals surface area contributed by atoms with Crippen LogP contribution >= 0.6 is 11.5 Å². The van der Waals surface area contributed by atoms with Gasteiger partial charge < -0.3 is 15.8 Å². The minimum Gasteiger partial charge on any atom is -0.497 e. The maximum atomic E-state index is 5.42. The van der Waals surface area contributed by atoms with Crippen molar-refractivity contribution in [1.82, 2.24) is 9.36 Å². The molecule has 0 fully saturated rings. The van der Waals surface area contributed by atoms with Gasteiger partial charge in [-0.3, -0.25) is 0 Å². The lowest BCUT2D eigenvalue weighted by atomic mass is 10.2. The van der Waals surface area contributed by atoms with E-state index < -0.39 is 0 Å². The van der Waals surface area contributed by atoms with Crippen LogP contribution in [0.5, 0.6) is 5.75 Å². The fourth-order valence-electron chi connectivity index (χ4n) is 1.27. The fraction of sp³-hybridized carbons (Fsp3) is 0.200. The van der Waals surface area contributed by atoms with Gasteiger partial charge in [0, 0.05) is 18.1 Å². The first kappa shape index (κ1) is 10.7. The molecule has 0 saturated carbocycles. The van der Waals surface area contributed by atoms with E-state index in [1.54, 1.807) is 7.11 Å². The highest BCUT2D eigenvalue weighted by Crippen LogP contribution is 2.16. The summed E-state index contributed by atoms with van der Waals surface area (Å²) in [5.41, 5.74) is 6.54. The van der Waals surface area contributed by atoms with E-state index in [-0.39, 0.29) is 0 Å². The number of methoxy groups -OCH3 is 1. The van der Waals surface area contributed by atoms with Crippen LogP contribution in [0.1, 0.15) is 5.56 Å². The Morgan fingerprint density at radius 3 is 3.06 bits per heavy atom. The van der Waals surface area contributed by atoms with E-state index in [9.17, 15) is 0 Å². The lowest BCUT2D eigenvalue weighted by Crippen LogP contribution is -1.99. The number of hydrogen-bond donors (Lipinski definition) is 2. The van der Waals surface area contributed by atoms with Gasteiger partial charge in [-0.2, -0.15) is 9.36 Å². The molecule has 0 aliphatic heterocycles. The number of nitrogens with two attached hydrogens (primary N) is 1. The maximum Gasteiger partial charge on any atom is 0.233 e. The largest absolute Gasteiger partial charge is 0.497 e. The minimum absolute atomic E-state index is 0.304. The number of hydrogen-bond acceptors (Lipinski definition) is 6. The number of nitrogens with one attached hydrogen (secondary N) is 1. The van der Waals surface area contributed by atoms with E-state index in [0.29, 0.717) is 12.5 Å². The van der Waals surface area contributed by atoms with Gasteiger partial charge in [0.2, 0.25) is 11.1 Å². The Balaban J connectivity index is 1.99. The second-order valence-corrected chi connectivity index (χ2v) is 3.91. The second-order valence-electron chi connectivity index (χ2n) is 3.16. The third kappa shape index (κ3) is 2.60. The summed E-state index contributed by atoms with van der Waals surface area (Å²) in [4.78, 5) is 4.01. The van der Waals surface area contributed by atoms with Crippen LogP contribution in [0.25, 0.3) is 0 Å². The molecule has 0 bridgehead atoms. The van der Waals surface area contributed by atoms with Crippen molar-refractivity contribution in [2.45, 2.75) is 6.54 Å². The van der Waals surface area contributed by atoms with Crippen LogP contribution < -0.4 is 15.8 Å². The molecule has 5 nitrogen and oxygen atoms in total. The first-order chi connectivity index (χ1) is 7.78. The molecule has 1 heterocycles. The van der Waals surface area contributed by atoms with Crippen molar-refractivity contribution < 1.29 is 4.74 Å². The molecule has 0 atom stereocenters. The molecule has 1 aromatic carbocycles. The quantitative estimate of drug-likeness (QED) is 0.846. The van der Waals surface area contributed by atoms with Crippen LogP contribution in [-0.4, -0.2) is 16.5 Å². The lowest BCUT2D eigenvalue weighted by Gasteiger charge is -2.04. The summed E-state index contributed by atoms with van der Waals surface area (Å²) in [7, 11) is 1.65. The van der Waals surface area contributed by atoms with E-state index in [0.717, 1.165) is 16.4 Å². The molecule has 1 aromatic heterocycles. The number of aromatic nitrogens is 2. The Bertz CT molecular complexity index is 471. The molecule has 0 spiro atoms. The van der Waals surface area contributed by atoms with E-state index in [1.807, 2.05) is 24.3 Å². The van der Waals surface area contributed by atoms with Crippen molar-refractivity contribution in [2.24, 2.45) is 0 Å². The molecule has 0 unspecified atom stereocenters. The van der Waals surface area contributed by atoms with Gasteiger partial charge in [-0.15, -0.1) is 0 Å². The molecule has 3 N–H and O–H groups in total. The van der Waals surface area contributed by atoms with E-state index in [4.69, 9.17) is 10.5 Å². The summed E-state index contributed by atoms with van der Waals surface area (Å²) >= 11 is 1.25. The summed E-state index contributed by atoms with van der Waals surface area (Å²) < 4.78 is 9.02. The Kier molecular flexibility index (Phi) is 3.21. The van der Waals surface area contributed by atoms with Crippen LogP contribution in [0.2, 0.25) is 0 Å². The Morgan fingerprint density at radius 1 is 1.50 bits per heavy atom. The van der Waals surface area contributed by atoms with Crippen molar-refractivity contribution in [1.29, 1.82) is 0 Å². The van der Waals surface area contributed by atoms with Gasteiger partial charge in [-0.25, -0.2) is 0 Å². The zero-order valence-corrected chi connectivity index (χ0v) is 9.62. The van der Waals surface area contributed by atoms with E-state index in [1.165, 1.54) is 11.5 Å². The van der Waals surface area contributed by atoms with E-state index in [2.05, 4.69) is 14.7 Å². The monoisotopic (exact) mass is 236 g/mol. The number of rotatable bonds is 4. The zero-order valence-electron chi connectivity index (χ0n) is 8.80. The van der Waals surface area contributed by atoms with Crippen molar-refractivity contribution >= 4 is 22.6 Å². The molecular formula is C10H12N4OS. The first-order valence-electron chi connectivity index (χ1n) is 4.74. The first-order valence-corrected chi connectivity index (χ1v) is 5.51. The van der Waals surface area contributed by atoms with Gasteiger partial charge in [-0.05, 0) is 17.7 Å². The summed E-state index contributed by atoms with van der Waals surface area (Å²) in [6.45, 7) is 0.672. The maximum absolute atomic E-state index is 5.42. The third-order valence-electron chi connectivity index (χ3n) is 2.02. The molecule has 0 aliphatic carbocycles. The van der Waals surface area contributed by atoms with Gasteiger partial charge in [0.05, 0.1) is 7.11 Å². The standard InChI is InChI=1S/C10H12N4OS/c1-15-8-4-2-3-7(5-8)6-12-10-13-9(11)14-16-10/h2-5H,6H2,1H3,(H3,11,12,13,14). The number of anilines is 2. The molecule has 0 aliphatic rings. The predicted octanol–water partition coefficient (Wildman–Crippen LogP) is 1.74. The van der Waals surface area contributed by atoms with Crippen molar-refractivity contribution in [3.05, 3.63) is 29.8 Å². The zero-order chi connectivity index (χ0) is 11.4. The smallest absolute Gasteiger partial charge is 0.233 e. The predicted molar refractivity (Wildman–Crippen MR) is 64.6 cm³/mol. The second kappa shape index (κ2) is 4.80.